The fraction of sp³-hybridized carbons (Fsp3) is 0.429. The van der Waals surface area contributed by atoms with Crippen molar-refractivity contribution >= 4 is 21.8 Å². The lowest BCUT2D eigenvalue weighted by Crippen LogP contribution is -2.52. The topological polar surface area (TPSA) is 89.9 Å². The molecule has 0 radical (unpaired) electrons. The number of sulfonamides is 1. The van der Waals surface area contributed by atoms with Crippen LogP contribution in [0.1, 0.15) is 18.1 Å². The van der Waals surface area contributed by atoms with Gasteiger partial charge in [-0.2, -0.15) is 0 Å². The molecule has 0 bridgehead atoms. The molecule has 0 spiro atoms. The van der Waals surface area contributed by atoms with Gasteiger partial charge >= 0.3 is 0 Å². The third-order valence-electron chi connectivity index (χ3n) is 4.96. The Bertz CT molecular complexity index is 941. The van der Waals surface area contributed by atoms with Gasteiger partial charge in [-0.05, 0) is 37.2 Å². The van der Waals surface area contributed by atoms with Crippen molar-refractivity contribution in [1.29, 1.82) is 0 Å². The Morgan fingerprint density at radius 2 is 1.87 bits per heavy atom. The molecular weight excluding hydrogens is 400 g/mol. The van der Waals surface area contributed by atoms with Crippen molar-refractivity contribution in [3.8, 4) is 0 Å². The standard InChI is InChI=1S/C21H30N6O2S/c1-3-23-21(27-13-11-26(12-14-27)20-9-4-5-10-24-20)25-16-18-7-6-8-19(15-18)17-30(28,29)22-2/h4-10,15,22H,3,11-14,16-17H2,1-2H3,(H,23,25). The molecule has 2 aromatic rings. The summed E-state index contributed by atoms with van der Waals surface area (Å²) in [6.45, 7) is 6.85. The highest BCUT2D eigenvalue weighted by Gasteiger charge is 2.20. The third-order valence-corrected chi connectivity index (χ3v) is 6.29. The second-order valence-corrected chi connectivity index (χ2v) is 9.04. The van der Waals surface area contributed by atoms with Crippen LogP contribution >= 0.6 is 0 Å². The molecule has 9 heteroatoms. The second-order valence-electron chi connectivity index (χ2n) is 7.12. The van der Waals surface area contributed by atoms with Crippen molar-refractivity contribution in [2.75, 3.05) is 44.7 Å². The first kappa shape index (κ1) is 22.0. The van der Waals surface area contributed by atoms with Gasteiger partial charge in [-0.3, -0.25) is 0 Å². The van der Waals surface area contributed by atoms with Crippen LogP contribution in [-0.2, 0) is 22.3 Å². The van der Waals surface area contributed by atoms with Gasteiger partial charge in [0.2, 0.25) is 10.0 Å². The van der Waals surface area contributed by atoms with E-state index in [-0.39, 0.29) is 5.75 Å². The van der Waals surface area contributed by atoms with E-state index >= 15 is 0 Å². The van der Waals surface area contributed by atoms with Crippen molar-refractivity contribution in [3.05, 3.63) is 59.8 Å². The van der Waals surface area contributed by atoms with Gasteiger partial charge in [-0.25, -0.2) is 23.1 Å². The Kier molecular flexibility index (Phi) is 7.64. The maximum Gasteiger partial charge on any atom is 0.215 e. The highest BCUT2D eigenvalue weighted by atomic mass is 32.2. The number of pyridine rings is 1. The smallest absolute Gasteiger partial charge is 0.215 e. The molecule has 1 aromatic heterocycles. The van der Waals surface area contributed by atoms with E-state index in [2.05, 4.69) is 31.7 Å². The number of guanidine groups is 1. The van der Waals surface area contributed by atoms with Gasteiger partial charge in [-0.15, -0.1) is 0 Å². The van der Waals surface area contributed by atoms with E-state index in [0.717, 1.165) is 55.6 Å². The lowest BCUT2D eigenvalue weighted by Gasteiger charge is -2.37. The Hall–Kier alpha value is -2.65. The van der Waals surface area contributed by atoms with Crippen LogP contribution in [0.2, 0.25) is 0 Å². The molecule has 162 valence electrons. The van der Waals surface area contributed by atoms with Gasteiger partial charge in [0.15, 0.2) is 5.96 Å². The summed E-state index contributed by atoms with van der Waals surface area (Å²) < 4.78 is 26.0. The predicted molar refractivity (Wildman–Crippen MR) is 121 cm³/mol. The van der Waals surface area contributed by atoms with E-state index in [0.29, 0.717) is 6.54 Å². The highest BCUT2D eigenvalue weighted by Crippen LogP contribution is 2.13. The molecule has 0 amide bonds. The zero-order chi connectivity index (χ0) is 21.4. The summed E-state index contributed by atoms with van der Waals surface area (Å²) in [7, 11) is -1.86. The number of nitrogens with zero attached hydrogens (tertiary/aromatic N) is 4. The monoisotopic (exact) mass is 430 g/mol. The Labute approximate surface area is 179 Å². The van der Waals surface area contributed by atoms with Crippen molar-refractivity contribution in [2.24, 2.45) is 4.99 Å². The molecule has 1 aromatic carbocycles. The van der Waals surface area contributed by atoms with Gasteiger partial charge in [0.25, 0.3) is 0 Å². The number of aliphatic imine (C=N–C) groups is 1. The first-order chi connectivity index (χ1) is 14.5. The number of rotatable bonds is 7. The van der Waals surface area contributed by atoms with Crippen molar-refractivity contribution in [2.45, 2.75) is 19.2 Å². The molecule has 2 N–H and O–H groups in total. The summed E-state index contributed by atoms with van der Waals surface area (Å²) >= 11 is 0. The van der Waals surface area contributed by atoms with Crippen molar-refractivity contribution in [3.63, 3.8) is 0 Å². The molecule has 30 heavy (non-hydrogen) atoms. The third kappa shape index (κ3) is 6.17. The molecule has 8 nitrogen and oxygen atoms in total. The molecular formula is C21H30N6O2S. The van der Waals surface area contributed by atoms with E-state index < -0.39 is 10.0 Å². The Morgan fingerprint density at radius 3 is 2.53 bits per heavy atom. The van der Waals surface area contributed by atoms with Gasteiger partial charge < -0.3 is 15.1 Å². The average molecular weight is 431 g/mol. The zero-order valence-electron chi connectivity index (χ0n) is 17.6. The van der Waals surface area contributed by atoms with E-state index in [4.69, 9.17) is 4.99 Å². The summed E-state index contributed by atoms with van der Waals surface area (Å²) in [4.78, 5) is 13.8. The summed E-state index contributed by atoms with van der Waals surface area (Å²) in [6.07, 6.45) is 1.82. The van der Waals surface area contributed by atoms with Gasteiger partial charge in [0.05, 0.1) is 12.3 Å². The predicted octanol–water partition coefficient (Wildman–Crippen LogP) is 1.42. The lowest BCUT2D eigenvalue weighted by atomic mass is 10.1. The molecule has 3 rings (SSSR count). The molecule has 0 saturated carbocycles. The average Bonchev–Trinajstić information content (AvgIpc) is 2.77. The largest absolute Gasteiger partial charge is 0.357 e. The van der Waals surface area contributed by atoms with E-state index in [1.54, 1.807) is 0 Å². The van der Waals surface area contributed by atoms with Crippen LogP contribution in [0.5, 0.6) is 0 Å². The number of anilines is 1. The quantitative estimate of drug-likeness (QED) is 0.510. The highest BCUT2D eigenvalue weighted by molar-refractivity contribution is 7.88. The van der Waals surface area contributed by atoms with E-state index in [1.165, 1.54) is 7.05 Å². The minimum atomic E-state index is -3.29. The number of hydrogen-bond donors (Lipinski definition) is 2. The molecule has 0 aliphatic carbocycles. The number of aromatic nitrogens is 1. The molecule has 1 aliphatic rings. The Morgan fingerprint density at radius 1 is 1.10 bits per heavy atom. The second kappa shape index (κ2) is 10.4. The molecule has 1 aliphatic heterocycles. The van der Waals surface area contributed by atoms with Crippen LogP contribution in [0, 0.1) is 0 Å². The van der Waals surface area contributed by atoms with Gasteiger partial charge in [0.1, 0.15) is 5.82 Å². The summed E-state index contributed by atoms with van der Waals surface area (Å²) in [5.74, 6) is 1.86. The lowest BCUT2D eigenvalue weighted by molar-refractivity contribution is 0.371. The van der Waals surface area contributed by atoms with Gasteiger partial charge in [-0.1, -0.05) is 30.3 Å². The van der Waals surface area contributed by atoms with Crippen LogP contribution in [-0.4, -0.2) is 64.0 Å². The summed E-state index contributed by atoms with van der Waals surface area (Å²) in [6, 6.07) is 13.6. The minimum Gasteiger partial charge on any atom is -0.357 e. The summed E-state index contributed by atoms with van der Waals surface area (Å²) in [5, 5.41) is 3.38. The first-order valence-electron chi connectivity index (χ1n) is 10.2. The fourth-order valence-electron chi connectivity index (χ4n) is 3.39. The van der Waals surface area contributed by atoms with Crippen molar-refractivity contribution in [1.82, 2.24) is 19.9 Å². The van der Waals surface area contributed by atoms with Crippen LogP contribution in [0.25, 0.3) is 0 Å². The Balaban J connectivity index is 1.64. The molecule has 2 heterocycles. The van der Waals surface area contributed by atoms with E-state index in [9.17, 15) is 8.42 Å². The normalized spacial score (nSPS) is 15.3. The fourth-order valence-corrected chi connectivity index (χ4v) is 4.15. The van der Waals surface area contributed by atoms with Crippen LogP contribution in [0.3, 0.4) is 0 Å². The van der Waals surface area contributed by atoms with Crippen LogP contribution in [0.15, 0.2) is 53.7 Å². The maximum absolute atomic E-state index is 11.8. The number of hydrogen-bond acceptors (Lipinski definition) is 5. The van der Waals surface area contributed by atoms with Crippen molar-refractivity contribution < 1.29 is 8.42 Å². The number of benzene rings is 1. The molecule has 1 fully saturated rings. The maximum atomic E-state index is 11.8. The van der Waals surface area contributed by atoms with Gasteiger partial charge in [0, 0.05) is 38.9 Å². The molecule has 0 unspecified atom stereocenters. The molecule has 1 saturated heterocycles. The van der Waals surface area contributed by atoms with E-state index in [1.807, 2.05) is 48.7 Å². The zero-order valence-corrected chi connectivity index (χ0v) is 18.4. The number of piperazine rings is 1. The molecule has 0 atom stereocenters. The number of nitrogens with one attached hydrogen (secondary N) is 2. The first-order valence-corrected chi connectivity index (χ1v) is 11.8. The van der Waals surface area contributed by atoms with Crippen LogP contribution in [0.4, 0.5) is 5.82 Å². The minimum absolute atomic E-state index is 0.0311. The van der Waals surface area contributed by atoms with Crippen LogP contribution < -0.4 is 14.9 Å². The summed E-state index contributed by atoms with van der Waals surface area (Å²) in [5.41, 5.74) is 1.74. The SMILES string of the molecule is CCNC(=NCc1cccc(CS(=O)(=O)NC)c1)N1CCN(c2ccccn2)CC1.